The van der Waals surface area contributed by atoms with Crippen LogP contribution in [0, 0.1) is 6.92 Å². The molecule has 0 spiro atoms. The number of benzene rings is 2. The molecular formula is C22H21NO4. The Kier molecular flexibility index (Phi) is 4.44. The molecule has 2 aromatic carbocycles. The fraction of sp³-hybridized carbons (Fsp3) is 0.273. The maximum atomic E-state index is 12.6. The molecule has 0 radical (unpaired) electrons. The molecule has 1 heterocycles. The van der Waals surface area contributed by atoms with Crippen molar-refractivity contribution in [2.75, 3.05) is 12.4 Å². The summed E-state index contributed by atoms with van der Waals surface area (Å²) in [4.78, 5) is 24.3. The van der Waals surface area contributed by atoms with E-state index in [9.17, 15) is 9.59 Å². The van der Waals surface area contributed by atoms with Crippen LogP contribution in [0.25, 0.3) is 11.0 Å². The number of methoxy groups -OCH3 is 1. The molecular weight excluding hydrogens is 342 g/mol. The first-order valence-electron chi connectivity index (χ1n) is 9.06. The number of hydrogen-bond donors (Lipinski definition) is 1. The van der Waals surface area contributed by atoms with E-state index in [0.29, 0.717) is 11.3 Å². The molecule has 0 fully saturated rings. The second-order valence-electron chi connectivity index (χ2n) is 6.98. The molecule has 1 aliphatic carbocycles. The lowest BCUT2D eigenvalue weighted by Gasteiger charge is -2.10. The average molecular weight is 363 g/mol. The zero-order chi connectivity index (χ0) is 19.0. The Labute approximate surface area is 157 Å². The Morgan fingerprint density at radius 3 is 2.70 bits per heavy atom. The van der Waals surface area contributed by atoms with Crippen molar-refractivity contribution in [2.45, 2.75) is 32.6 Å². The van der Waals surface area contributed by atoms with Crippen molar-refractivity contribution in [3.63, 3.8) is 0 Å². The van der Waals surface area contributed by atoms with Gasteiger partial charge < -0.3 is 14.5 Å². The molecule has 5 heteroatoms. The number of esters is 1. The molecule has 1 aromatic heterocycles. The zero-order valence-corrected chi connectivity index (χ0v) is 15.4. The lowest BCUT2D eigenvalue weighted by molar-refractivity contribution is -0.115. The Morgan fingerprint density at radius 1 is 1.15 bits per heavy atom. The van der Waals surface area contributed by atoms with Crippen LogP contribution in [0.3, 0.4) is 0 Å². The molecule has 0 aliphatic heterocycles. The van der Waals surface area contributed by atoms with Crippen molar-refractivity contribution in [3.05, 3.63) is 64.4 Å². The summed E-state index contributed by atoms with van der Waals surface area (Å²) < 4.78 is 10.4. The Hall–Kier alpha value is -3.08. The van der Waals surface area contributed by atoms with Crippen LogP contribution in [0.1, 0.15) is 39.0 Å². The molecule has 5 nitrogen and oxygen atoms in total. The third-order valence-electron chi connectivity index (χ3n) is 5.15. The minimum atomic E-state index is -0.430. The molecule has 0 saturated carbocycles. The Morgan fingerprint density at radius 2 is 1.93 bits per heavy atom. The van der Waals surface area contributed by atoms with Gasteiger partial charge in [0.2, 0.25) is 5.91 Å². The highest BCUT2D eigenvalue weighted by atomic mass is 16.5. The van der Waals surface area contributed by atoms with Gasteiger partial charge in [0.15, 0.2) is 0 Å². The molecule has 0 atom stereocenters. The van der Waals surface area contributed by atoms with E-state index in [1.807, 2.05) is 6.92 Å². The number of carbonyl (C=O) groups is 2. The molecule has 0 saturated heterocycles. The highest BCUT2D eigenvalue weighted by Gasteiger charge is 2.17. The quantitative estimate of drug-likeness (QED) is 0.706. The smallest absolute Gasteiger partial charge is 0.337 e. The number of rotatable bonds is 4. The zero-order valence-electron chi connectivity index (χ0n) is 15.4. The summed E-state index contributed by atoms with van der Waals surface area (Å²) in [6, 6.07) is 9.37. The minimum absolute atomic E-state index is 0.150. The molecule has 1 N–H and O–H groups in total. The van der Waals surface area contributed by atoms with Gasteiger partial charge in [-0.15, -0.1) is 0 Å². The van der Waals surface area contributed by atoms with Gasteiger partial charge in [0.1, 0.15) is 5.58 Å². The summed E-state index contributed by atoms with van der Waals surface area (Å²) in [5.74, 6) is -0.580. The highest BCUT2D eigenvalue weighted by molar-refractivity contribution is 5.98. The van der Waals surface area contributed by atoms with Gasteiger partial charge in [-0.2, -0.15) is 0 Å². The molecule has 1 aliphatic rings. The van der Waals surface area contributed by atoms with E-state index in [1.165, 1.54) is 24.7 Å². The summed E-state index contributed by atoms with van der Waals surface area (Å²) in [6.07, 6.45) is 5.23. The second-order valence-corrected chi connectivity index (χ2v) is 6.98. The molecule has 0 unspecified atom stereocenters. The van der Waals surface area contributed by atoms with Gasteiger partial charge in [-0.25, -0.2) is 4.79 Å². The van der Waals surface area contributed by atoms with E-state index in [0.717, 1.165) is 34.9 Å². The highest BCUT2D eigenvalue weighted by Crippen LogP contribution is 2.30. The Bertz CT molecular complexity index is 1050. The van der Waals surface area contributed by atoms with Gasteiger partial charge in [-0.1, -0.05) is 6.07 Å². The fourth-order valence-electron chi connectivity index (χ4n) is 3.65. The first kappa shape index (κ1) is 17.3. The maximum absolute atomic E-state index is 12.6. The third-order valence-corrected chi connectivity index (χ3v) is 5.15. The predicted octanol–water partition coefficient (Wildman–Crippen LogP) is 4.20. The summed E-state index contributed by atoms with van der Waals surface area (Å²) in [5, 5.41) is 3.90. The van der Waals surface area contributed by atoms with Crippen LogP contribution in [-0.2, 0) is 28.8 Å². The molecule has 1 amide bonds. The van der Waals surface area contributed by atoms with Crippen molar-refractivity contribution >= 4 is 28.5 Å². The third kappa shape index (κ3) is 3.33. The summed E-state index contributed by atoms with van der Waals surface area (Å²) in [6.45, 7) is 1.88. The predicted molar refractivity (Wildman–Crippen MR) is 103 cm³/mol. The lowest BCUT2D eigenvalue weighted by atomic mass is 10.0. The van der Waals surface area contributed by atoms with Gasteiger partial charge in [0.05, 0.1) is 25.4 Å². The lowest BCUT2D eigenvalue weighted by Crippen LogP contribution is -2.15. The van der Waals surface area contributed by atoms with E-state index in [2.05, 4.69) is 17.4 Å². The van der Waals surface area contributed by atoms with Crippen LogP contribution in [0.15, 0.2) is 41.0 Å². The normalized spacial score (nSPS) is 12.8. The van der Waals surface area contributed by atoms with Gasteiger partial charge >= 0.3 is 5.97 Å². The van der Waals surface area contributed by atoms with Gasteiger partial charge in [-0.3, -0.25) is 4.79 Å². The number of anilines is 1. The number of carbonyl (C=O) groups excluding carboxylic acids is 2. The van der Waals surface area contributed by atoms with E-state index in [-0.39, 0.29) is 12.3 Å². The number of fused-ring (bicyclic) bond motifs is 2. The van der Waals surface area contributed by atoms with Crippen molar-refractivity contribution in [2.24, 2.45) is 0 Å². The number of ether oxygens (including phenoxy) is 1. The van der Waals surface area contributed by atoms with Gasteiger partial charge in [0, 0.05) is 16.6 Å². The van der Waals surface area contributed by atoms with E-state index < -0.39 is 5.97 Å². The SMILES string of the molecule is COC(=O)c1ccc(C)c(NC(=O)Cc2coc3cc4c(cc23)CCC4)c1. The number of hydrogen-bond acceptors (Lipinski definition) is 4. The van der Waals surface area contributed by atoms with Crippen LogP contribution >= 0.6 is 0 Å². The number of furan rings is 1. The maximum Gasteiger partial charge on any atom is 0.337 e. The van der Waals surface area contributed by atoms with E-state index in [4.69, 9.17) is 9.15 Å². The monoisotopic (exact) mass is 363 g/mol. The topological polar surface area (TPSA) is 68.5 Å². The summed E-state index contributed by atoms with van der Waals surface area (Å²) >= 11 is 0. The van der Waals surface area contributed by atoms with Gasteiger partial charge in [0.25, 0.3) is 0 Å². The number of nitrogens with one attached hydrogen (secondary N) is 1. The first-order valence-corrected chi connectivity index (χ1v) is 9.06. The van der Waals surface area contributed by atoms with E-state index in [1.54, 1.807) is 24.5 Å². The molecule has 138 valence electrons. The average Bonchev–Trinajstić information content (AvgIpc) is 3.27. The van der Waals surface area contributed by atoms with Crippen molar-refractivity contribution in [3.8, 4) is 0 Å². The minimum Gasteiger partial charge on any atom is -0.465 e. The molecule has 27 heavy (non-hydrogen) atoms. The van der Waals surface area contributed by atoms with Crippen molar-refractivity contribution in [1.82, 2.24) is 0 Å². The number of aryl methyl sites for hydroxylation is 3. The van der Waals surface area contributed by atoms with Crippen molar-refractivity contribution < 1.29 is 18.7 Å². The van der Waals surface area contributed by atoms with E-state index >= 15 is 0 Å². The van der Waals surface area contributed by atoms with Crippen LogP contribution in [0.5, 0.6) is 0 Å². The largest absolute Gasteiger partial charge is 0.465 e. The van der Waals surface area contributed by atoms with Crippen LogP contribution < -0.4 is 5.32 Å². The van der Waals surface area contributed by atoms with Crippen molar-refractivity contribution in [1.29, 1.82) is 0 Å². The summed E-state index contributed by atoms with van der Waals surface area (Å²) in [5.41, 5.74) is 6.31. The first-order chi connectivity index (χ1) is 13.0. The summed E-state index contributed by atoms with van der Waals surface area (Å²) in [7, 11) is 1.33. The van der Waals surface area contributed by atoms with Crippen LogP contribution in [-0.4, -0.2) is 19.0 Å². The molecule has 0 bridgehead atoms. The van der Waals surface area contributed by atoms with Crippen LogP contribution in [0.4, 0.5) is 5.69 Å². The number of amides is 1. The second kappa shape index (κ2) is 6.91. The Balaban J connectivity index is 1.55. The fourth-order valence-corrected chi connectivity index (χ4v) is 3.65. The molecule has 4 rings (SSSR count). The standard InChI is InChI=1S/C22H21NO4/c1-13-6-7-16(22(25)26-2)9-19(13)23-21(24)11-17-12-27-20-10-15-5-3-4-14(15)8-18(17)20/h6-10,12H,3-5,11H2,1-2H3,(H,23,24). The van der Waals surface area contributed by atoms with Gasteiger partial charge in [-0.05, 0) is 67.1 Å². The van der Waals surface area contributed by atoms with Crippen LogP contribution in [0.2, 0.25) is 0 Å². The molecule has 3 aromatic rings.